The van der Waals surface area contributed by atoms with E-state index in [2.05, 4.69) is 24.1 Å². The summed E-state index contributed by atoms with van der Waals surface area (Å²) in [6.07, 6.45) is 34.7. The van der Waals surface area contributed by atoms with Crippen molar-refractivity contribution in [2.75, 3.05) is 19.6 Å². The molecule has 0 saturated carbocycles. The number of carboxylic acid groups (broad SMARTS) is 1. The molecule has 1 aliphatic heterocycles. The summed E-state index contributed by atoms with van der Waals surface area (Å²) >= 11 is 0. The second-order valence-electron chi connectivity index (χ2n) is 10.4. The van der Waals surface area contributed by atoms with Gasteiger partial charge in [0.05, 0.1) is 6.20 Å². The highest BCUT2D eigenvalue weighted by atomic mass is 16.4. The lowest BCUT2D eigenvalue weighted by Crippen LogP contribution is -2.52. The van der Waals surface area contributed by atoms with Gasteiger partial charge in [0, 0.05) is 13.0 Å². The van der Waals surface area contributed by atoms with Gasteiger partial charge in [-0.05, 0) is 32.1 Å². The molecule has 0 saturated heterocycles. The Morgan fingerprint density at radius 3 is 1.80 bits per heavy atom. The number of hydrogen-bond donors (Lipinski definition) is 2. The number of unbranched alkanes of at least 4 members (excludes halogenated alkanes) is 17. The molecule has 1 unspecified atom stereocenters. The Morgan fingerprint density at radius 2 is 1.31 bits per heavy atom. The van der Waals surface area contributed by atoms with Crippen LogP contribution < -0.4 is 5.73 Å². The number of carbonyl (C=O) groups is 1. The molecule has 3 N–H and O–H groups in total. The van der Waals surface area contributed by atoms with Gasteiger partial charge in [-0.2, -0.15) is 0 Å². The molecule has 1 aliphatic rings. The second-order valence-corrected chi connectivity index (χ2v) is 10.4. The Bertz CT molecular complexity index is 615. The molecule has 0 bridgehead atoms. The van der Waals surface area contributed by atoms with Crippen molar-refractivity contribution in [3.05, 3.63) is 24.6 Å². The molecule has 0 aromatic rings. The standard InChI is InChI=1S/C30H55N3O2/c1-2-3-4-5-6-7-8-9-10-11-12-13-14-15-16-17-18-19-20-21-22-23-29-32-25-27-33(29,26-24-31)28-30(34)35/h17-18,25,27H,2-16,19-24,26,28,31H2,1H3/p+1/b18-17+. The fourth-order valence-electron chi connectivity index (χ4n) is 5.05. The van der Waals surface area contributed by atoms with E-state index < -0.39 is 5.97 Å². The molecule has 35 heavy (non-hydrogen) atoms. The molecular formula is C30H56N3O2+. The van der Waals surface area contributed by atoms with E-state index in [4.69, 9.17) is 5.73 Å². The molecule has 0 aromatic carbocycles. The highest BCUT2D eigenvalue weighted by Gasteiger charge is 2.36. The highest BCUT2D eigenvalue weighted by molar-refractivity contribution is 5.81. The molecule has 0 fully saturated rings. The largest absolute Gasteiger partial charge is 0.477 e. The maximum atomic E-state index is 11.3. The molecule has 5 nitrogen and oxygen atoms in total. The molecular weight excluding hydrogens is 434 g/mol. The van der Waals surface area contributed by atoms with Crippen LogP contribution in [0.4, 0.5) is 0 Å². The highest BCUT2D eigenvalue weighted by Crippen LogP contribution is 2.21. The number of amidine groups is 1. The zero-order chi connectivity index (χ0) is 25.5. The molecule has 0 amide bonds. The first kappa shape index (κ1) is 31.6. The van der Waals surface area contributed by atoms with Crippen LogP contribution in [0.25, 0.3) is 0 Å². The SMILES string of the molecule is CCCCCCCCCCCCCCCC/C=C/CCCCCC1=NC=C[N+]1(CCN)CC(=O)O. The summed E-state index contributed by atoms with van der Waals surface area (Å²) in [5.41, 5.74) is 5.74. The van der Waals surface area contributed by atoms with Crippen LogP contribution in [-0.4, -0.2) is 41.0 Å². The zero-order valence-corrected chi connectivity index (χ0v) is 22.9. The van der Waals surface area contributed by atoms with Crippen molar-refractivity contribution in [1.29, 1.82) is 0 Å². The third-order valence-corrected chi connectivity index (χ3v) is 7.20. The lowest BCUT2D eigenvalue weighted by Gasteiger charge is -2.30. The van der Waals surface area contributed by atoms with Gasteiger partial charge in [-0.15, -0.1) is 0 Å². The molecule has 0 aliphatic carbocycles. The molecule has 5 heteroatoms. The molecule has 1 heterocycles. The van der Waals surface area contributed by atoms with Crippen LogP contribution in [0.5, 0.6) is 0 Å². The Morgan fingerprint density at radius 1 is 0.829 bits per heavy atom. The van der Waals surface area contributed by atoms with E-state index in [1.54, 1.807) is 6.20 Å². The maximum absolute atomic E-state index is 11.3. The van der Waals surface area contributed by atoms with Gasteiger partial charge in [0.2, 0.25) is 5.84 Å². The van der Waals surface area contributed by atoms with E-state index in [0.717, 1.165) is 31.5 Å². The monoisotopic (exact) mass is 490 g/mol. The fraction of sp³-hybridized carbons (Fsp3) is 0.800. The first-order valence-electron chi connectivity index (χ1n) is 14.8. The molecule has 0 spiro atoms. The first-order valence-corrected chi connectivity index (χ1v) is 14.8. The van der Waals surface area contributed by atoms with Crippen LogP contribution >= 0.6 is 0 Å². The van der Waals surface area contributed by atoms with E-state index in [9.17, 15) is 9.90 Å². The molecule has 202 valence electrons. The van der Waals surface area contributed by atoms with Crippen molar-refractivity contribution < 1.29 is 14.4 Å². The van der Waals surface area contributed by atoms with Gasteiger partial charge in [-0.1, -0.05) is 109 Å². The van der Waals surface area contributed by atoms with Crippen LogP contribution in [-0.2, 0) is 4.79 Å². The zero-order valence-electron chi connectivity index (χ0n) is 22.9. The van der Waals surface area contributed by atoms with E-state index in [1.165, 1.54) is 103 Å². The van der Waals surface area contributed by atoms with Crippen molar-refractivity contribution in [2.24, 2.45) is 10.7 Å². The number of aliphatic imine (C=N–C) groups is 1. The average molecular weight is 491 g/mol. The number of rotatable bonds is 25. The Balaban J connectivity index is 1.90. The van der Waals surface area contributed by atoms with Crippen molar-refractivity contribution in [3.8, 4) is 0 Å². The maximum Gasteiger partial charge on any atom is 0.360 e. The van der Waals surface area contributed by atoms with E-state index >= 15 is 0 Å². The normalized spacial score (nSPS) is 17.5. The smallest absolute Gasteiger partial charge is 0.360 e. The van der Waals surface area contributed by atoms with E-state index in [1.807, 2.05) is 6.20 Å². The van der Waals surface area contributed by atoms with Gasteiger partial charge < -0.3 is 10.8 Å². The van der Waals surface area contributed by atoms with Crippen LogP contribution in [0.15, 0.2) is 29.5 Å². The second kappa shape index (κ2) is 21.8. The third-order valence-electron chi connectivity index (χ3n) is 7.20. The predicted octanol–water partition coefficient (Wildman–Crippen LogP) is 8.11. The summed E-state index contributed by atoms with van der Waals surface area (Å²) in [6, 6.07) is 0. The summed E-state index contributed by atoms with van der Waals surface area (Å²) in [7, 11) is 0. The number of nitrogens with two attached hydrogens (primary N) is 1. The number of aliphatic carboxylic acids is 1. The number of carboxylic acids is 1. The number of nitrogens with zero attached hydrogens (tertiary/aromatic N) is 2. The van der Waals surface area contributed by atoms with Gasteiger partial charge in [-0.25, -0.2) is 14.3 Å². The molecule has 1 atom stereocenters. The minimum absolute atomic E-state index is 0.0362. The van der Waals surface area contributed by atoms with Crippen LogP contribution in [0.2, 0.25) is 0 Å². The Kier molecular flexibility index (Phi) is 19.7. The fourth-order valence-corrected chi connectivity index (χ4v) is 5.05. The van der Waals surface area contributed by atoms with Crippen molar-refractivity contribution in [2.45, 2.75) is 135 Å². The van der Waals surface area contributed by atoms with E-state index in [0.29, 0.717) is 17.6 Å². The minimum Gasteiger partial charge on any atom is -0.477 e. The van der Waals surface area contributed by atoms with Gasteiger partial charge >= 0.3 is 5.97 Å². The van der Waals surface area contributed by atoms with E-state index in [-0.39, 0.29) is 6.54 Å². The van der Waals surface area contributed by atoms with Crippen molar-refractivity contribution >= 4 is 11.8 Å². The Hall–Kier alpha value is -1.46. The first-order chi connectivity index (χ1) is 17.1. The average Bonchev–Trinajstić information content (AvgIpc) is 3.21. The van der Waals surface area contributed by atoms with Gasteiger partial charge in [-0.3, -0.25) is 0 Å². The topological polar surface area (TPSA) is 75.7 Å². The van der Waals surface area contributed by atoms with Crippen LogP contribution in [0.3, 0.4) is 0 Å². The van der Waals surface area contributed by atoms with Crippen molar-refractivity contribution in [1.82, 2.24) is 0 Å². The van der Waals surface area contributed by atoms with Gasteiger partial charge in [0.25, 0.3) is 0 Å². The third kappa shape index (κ3) is 16.0. The number of quaternary nitrogens is 1. The van der Waals surface area contributed by atoms with Crippen LogP contribution in [0.1, 0.15) is 135 Å². The summed E-state index contributed by atoms with van der Waals surface area (Å²) in [5, 5.41) is 9.28. The lowest BCUT2D eigenvalue weighted by atomic mass is 10.0. The lowest BCUT2D eigenvalue weighted by molar-refractivity contribution is -0.778. The van der Waals surface area contributed by atoms with Gasteiger partial charge in [0.1, 0.15) is 12.7 Å². The summed E-state index contributed by atoms with van der Waals surface area (Å²) in [6.45, 7) is 3.38. The van der Waals surface area contributed by atoms with Gasteiger partial charge in [0.15, 0.2) is 6.54 Å². The Labute approximate surface area is 216 Å². The summed E-state index contributed by atoms with van der Waals surface area (Å²) < 4.78 is 0.297. The predicted molar refractivity (Wildman–Crippen MR) is 150 cm³/mol. The summed E-state index contributed by atoms with van der Waals surface area (Å²) in [5.74, 6) is 0.146. The molecule has 0 radical (unpaired) electrons. The summed E-state index contributed by atoms with van der Waals surface area (Å²) in [4.78, 5) is 15.8. The molecule has 0 aromatic heterocycles. The molecule has 1 rings (SSSR count). The number of allylic oxidation sites excluding steroid dienone is 2. The van der Waals surface area contributed by atoms with Crippen LogP contribution in [0, 0.1) is 0 Å². The number of hydrogen-bond acceptors (Lipinski definition) is 3. The van der Waals surface area contributed by atoms with Crippen molar-refractivity contribution in [3.63, 3.8) is 0 Å². The quantitative estimate of drug-likeness (QED) is 0.0771. The minimum atomic E-state index is -0.804.